The standard InChI is InChI=1S/C7H2BrClF6N2O/c8-2-3(9)16-1-17-4(2)18-5(6(10,11)12)7(13,14)15/h1,5H. The molecule has 11 heteroatoms. The molecule has 3 nitrogen and oxygen atoms in total. The molecular weight excluding hydrogens is 357 g/mol. The van der Waals surface area contributed by atoms with Crippen LogP contribution in [0.25, 0.3) is 0 Å². The average Bonchev–Trinajstić information content (AvgIpc) is 2.16. The molecule has 0 aliphatic carbocycles. The van der Waals surface area contributed by atoms with Gasteiger partial charge in [-0.2, -0.15) is 26.3 Å². The van der Waals surface area contributed by atoms with Crippen molar-refractivity contribution < 1.29 is 31.1 Å². The molecule has 1 heterocycles. The van der Waals surface area contributed by atoms with Crippen LogP contribution >= 0.6 is 27.5 Å². The van der Waals surface area contributed by atoms with Gasteiger partial charge in [-0.3, -0.25) is 0 Å². The Kier molecular flexibility index (Phi) is 4.31. The smallest absolute Gasteiger partial charge is 0.434 e. The normalized spacial score (nSPS) is 12.9. The van der Waals surface area contributed by atoms with Crippen molar-refractivity contribution in [2.24, 2.45) is 0 Å². The van der Waals surface area contributed by atoms with Crippen LogP contribution < -0.4 is 4.74 Å². The van der Waals surface area contributed by atoms with Crippen LogP contribution in [0.5, 0.6) is 5.88 Å². The van der Waals surface area contributed by atoms with E-state index in [1.807, 2.05) is 0 Å². The fourth-order valence-electron chi connectivity index (χ4n) is 0.847. The van der Waals surface area contributed by atoms with Crippen LogP contribution in [0.15, 0.2) is 10.8 Å². The molecule has 0 radical (unpaired) electrons. The molecule has 0 atom stereocenters. The van der Waals surface area contributed by atoms with Crippen LogP contribution in [0, 0.1) is 0 Å². The van der Waals surface area contributed by atoms with Crippen LogP contribution in [0.1, 0.15) is 0 Å². The van der Waals surface area contributed by atoms with Crippen molar-refractivity contribution >= 4 is 27.5 Å². The van der Waals surface area contributed by atoms with E-state index >= 15 is 0 Å². The zero-order valence-corrected chi connectivity index (χ0v) is 10.3. The lowest BCUT2D eigenvalue weighted by Gasteiger charge is -2.23. The topological polar surface area (TPSA) is 35.0 Å². The SMILES string of the molecule is FC(F)(F)C(Oc1ncnc(Cl)c1Br)C(F)(F)F. The fourth-order valence-corrected chi connectivity index (χ4v) is 1.27. The Morgan fingerprint density at radius 2 is 1.61 bits per heavy atom. The van der Waals surface area contributed by atoms with Gasteiger partial charge in [0.25, 0.3) is 6.10 Å². The first-order valence-electron chi connectivity index (χ1n) is 3.99. The minimum atomic E-state index is -5.63. The van der Waals surface area contributed by atoms with Gasteiger partial charge in [0.1, 0.15) is 10.8 Å². The first-order chi connectivity index (χ1) is 8.03. The molecule has 0 amide bonds. The van der Waals surface area contributed by atoms with Gasteiger partial charge in [0, 0.05) is 0 Å². The lowest BCUT2D eigenvalue weighted by atomic mass is 10.3. The molecular formula is C7H2BrClF6N2O. The zero-order chi connectivity index (χ0) is 14.1. The van der Waals surface area contributed by atoms with E-state index in [9.17, 15) is 26.3 Å². The molecule has 18 heavy (non-hydrogen) atoms. The van der Waals surface area contributed by atoms with Crippen molar-refractivity contribution in [2.75, 3.05) is 0 Å². The lowest BCUT2D eigenvalue weighted by Crippen LogP contribution is -2.46. The molecule has 102 valence electrons. The van der Waals surface area contributed by atoms with Gasteiger partial charge in [0.2, 0.25) is 5.88 Å². The first-order valence-corrected chi connectivity index (χ1v) is 5.16. The number of ether oxygens (including phenoxy) is 1. The fraction of sp³-hybridized carbons (Fsp3) is 0.429. The third kappa shape index (κ3) is 3.61. The van der Waals surface area contributed by atoms with Gasteiger partial charge >= 0.3 is 12.4 Å². The van der Waals surface area contributed by atoms with Crippen LogP contribution in [0.3, 0.4) is 0 Å². The maximum absolute atomic E-state index is 12.2. The largest absolute Gasteiger partial charge is 0.454 e. The summed E-state index contributed by atoms with van der Waals surface area (Å²) >= 11 is 8.01. The van der Waals surface area contributed by atoms with Gasteiger partial charge < -0.3 is 4.74 Å². The molecule has 0 aliphatic heterocycles. The van der Waals surface area contributed by atoms with Crippen LogP contribution in [-0.4, -0.2) is 28.4 Å². The van der Waals surface area contributed by atoms with Gasteiger partial charge in [0.15, 0.2) is 5.15 Å². The minimum absolute atomic E-state index is 0.372. The highest BCUT2D eigenvalue weighted by molar-refractivity contribution is 9.10. The van der Waals surface area contributed by atoms with Gasteiger partial charge in [-0.25, -0.2) is 9.97 Å². The van der Waals surface area contributed by atoms with Gasteiger partial charge in [-0.1, -0.05) is 11.6 Å². The molecule has 0 aliphatic rings. The Labute approximate surface area is 109 Å². The summed E-state index contributed by atoms with van der Waals surface area (Å²) in [7, 11) is 0. The van der Waals surface area contributed by atoms with E-state index in [1.54, 1.807) is 0 Å². The predicted octanol–water partition coefficient (Wildman–Crippen LogP) is 3.76. The predicted molar refractivity (Wildman–Crippen MR) is 51.3 cm³/mol. The highest BCUT2D eigenvalue weighted by Crippen LogP contribution is 2.38. The number of aromatic nitrogens is 2. The van der Waals surface area contributed by atoms with Crippen molar-refractivity contribution in [3.63, 3.8) is 0 Å². The maximum Gasteiger partial charge on any atom is 0.434 e. The van der Waals surface area contributed by atoms with Crippen molar-refractivity contribution in [1.29, 1.82) is 0 Å². The minimum Gasteiger partial charge on any atom is -0.454 e. The summed E-state index contributed by atoms with van der Waals surface area (Å²) < 4.78 is 76.6. The Balaban J connectivity index is 3.09. The van der Waals surface area contributed by atoms with E-state index in [4.69, 9.17) is 11.6 Å². The third-order valence-corrected chi connectivity index (χ3v) is 2.77. The molecule has 0 bridgehead atoms. The second kappa shape index (κ2) is 5.08. The summed E-state index contributed by atoms with van der Waals surface area (Å²) in [5, 5.41) is -0.372. The van der Waals surface area contributed by atoms with E-state index in [2.05, 4.69) is 30.6 Å². The number of alkyl halides is 6. The molecule has 0 unspecified atom stereocenters. The Morgan fingerprint density at radius 3 is 2.06 bits per heavy atom. The Bertz CT molecular complexity index is 423. The molecule has 1 aromatic rings. The van der Waals surface area contributed by atoms with E-state index in [0.29, 0.717) is 6.33 Å². The number of hydrogen-bond donors (Lipinski definition) is 0. The second-order valence-electron chi connectivity index (χ2n) is 2.86. The monoisotopic (exact) mass is 358 g/mol. The van der Waals surface area contributed by atoms with Gasteiger partial charge in [-0.15, -0.1) is 0 Å². The lowest BCUT2D eigenvalue weighted by molar-refractivity contribution is -0.300. The number of hydrogen-bond acceptors (Lipinski definition) is 3. The highest BCUT2D eigenvalue weighted by atomic mass is 79.9. The Morgan fingerprint density at radius 1 is 1.11 bits per heavy atom. The van der Waals surface area contributed by atoms with E-state index in [0.717, 1.165) is 0 Å². The van der Waals surface area contributed by atoms with Crippen LogP contribution in [0.2, 0.25) is 5.15 Å². The molecule has 1 rings (SSSR count). The van der Waals surface area contributed by atoms with Crippen molar-refractivity contribution in [2.45, 2.75) is 18.5 Å². The quantitative estimate of drug-likeness (QED) is 0.596. The van der Waals surface area contributed by atoms with Crippen LogP contribution in [-0.2, 0) is 0 Å². The van der Waals surface area contributed by atoms with Crippen molar-refractivity contribution in [3.8, 4) is 5.88 Å². The zero-order valence-electron chi connectivity index (χ0n) is 7.98. The summed E-state index contributed by atoms with van der Waals surface area (Å²) in [6, 6.07) is 0. The van der Waals surface area contributed by atoms with E-state index in [-0.39, 0.29) is 5.15 Å². The Hall–Kier alpha value is -0.770. The molecule has 0 spiro atoms. The number of halogens is 8. The van der Waals surface area contributed by atoms with E-state index < -0.39 is 28.8 Å². The molecule has 0 saturated heterocycles. The maximum atomic E-state index is 12.2. The summed E-state index contributed by atoms with van der Waals surface area (Å²) in [6.45, 7) is 0. The van der Waals surface area contributed by atoms with Crippen molar-refractivity contribution in [1.82, 2.24) is 9.97 Å². The molecule has 0 N–H and O–H groups in total. The number of nitrogens with zero attached hydrogens (tertiary/aromatic N) is 2. The van der Waals surface area contributed by atoms with Gasteiger partial charge in [-0.05, 0) is 15.9 Å². The third-order valence-electron chi connectivity index (χ3n) is 1.54. The van der Waals surface area contributed by atoms with Gasteiger partial charge in [0.05, 0.1) is 0 Å². The van der Waals surface area contributed by atoms with Crippen molar-refractivity contribution in [3.05, 3.63) is 16.0 Å². The molecule has 0 saturated carbocycles. The summed E-state index contributed by atoms with van der Waals surface area (Å²) in [6.07, 6.45) is -14.6. The number of rotatable bonds is 2. The highest BCUT2D eigenvalue weighted by Gasteiger charge is 2.59. The second-order valence-corrected chi connectivity index (χ2v) is 4.02. The summed E-state index contributed by atoms with van der Waals surface area (Å²) in [5.41, 5.74) is 0. The first kappa shape index (κ1) is 15.3. The summed E-state index contributed by atoms with van der Waals surface area (Å²) in [4.78, 5) is 6.48. The van der Waals surface area contributed by atoms with Crippen LogP contribution in [0.4, 0.5) is 26.3 Å². The average molecular weight is 359 g/mol. The van der Waals surface area contributed by atoms with E-state index in [1.165, 1.54) is 0 Å². The molecule has 1 aromatic heterocycles. The summed E-state index contributed by atoms with van der Waals surface area (Å²) in [5.74, 6) is -0.949. The molecule has 0 fully saturated rings. The molecule has 0 aromatic carbocycles.